The Bertz CT molecular complexity index is 609. The van der Waals surface area contributed by atoms with Crippen LogP contribution < -0.4 is 5.32 Å². The SMILES string of the molecule is C[C@H](NC(=O)/C(Cc1ccccc1)=N\O)c1ccccc1. The molecule has 2 aromatic carbocycles. The Balaban J connectivity index is 2.01. The van der Waals surface area contributed by atoms with Crippen molar-refractivity contribution in [2.24, 2.45) is 5.16 Å². The maximum absolute atomic E-state index is 12.2. The van der Waals surface area contributed by atoms with E-state index in [1.54, 1.807) is 0 Å². The smallest absolute Gasteiger partial charge is 0.269 e. The summed E-state index contributed by atoms with van der Waals surface area (Å²) in [6.07, 6.45) is 0.296. The third-order valence-electron chi connectivity index (χ3n) is 3.24. The lowest BCUT2D eigenvalue weighted by Crippen LogP contribution is -2.34. The zero-order chi connectivity index (χ0) is 15.1. The lowest BCUT2D eigenvalue weighted by Gasteiger charge is -2.14. The third kappa shape index (κ3) is 4.18. The number of hydrogen-bond acceptors (Lipinski definition) is 3. The molecule has 0 aliphatic heterocycles. The first kappa shape index (κ1) is 14.8. The van der Waals surface area contributed by atoms with E-state index in [1.807, 2.05) is 67.6 Å². The highest BCUT2D eigenvalue weighted by Gasteiger charge is 2.16. The number of hydrogen-bond donors (Lipinski definition) is 2. The van der Waals surface area contributed by atoms with E-state index < -0.39 is 0 Å². The molecule has 0 saturated carbocycles. The van der Waals surface area contributed by atoms with Gasteiger partial charge in [0, 0.05) is 6.42 Å². The van der Waals surface area contributed by atoms with E-state index in [4.69, 9.17) is 5.21 Å². The van der Waals surface area contributed by atoms with Gasteiger partial charge in [-0.15, -0.1) is 0 Å². The average Bonchev–Trinajstić information content (AvgIpc) is 2.54. The van der Waals surface area contributed by atoms with E-state index in [-0.39, 0.29) is 17.7 Å². The molecule has 1 amide bonds. The first-order chi connectivity index (χ1) is 10.2. The van der Waals surface area contributed by atoms with Crippen molar-refractivity contribution in [3.63, 3.8) is 0 Å². The molecule has 4 nitrogen and oxygen atoms in total. The van der Waals surface area contributed by atoms with Gasteiger partial charge < -0.3 is 10.5 Å². The van der Waals surface area contributed by atoms with Crippen molar-refractivity contribution in [1.82, 2.24) is 5.32 Å². The van der Waals surface area contributed by atoms with Crippen molar-refractivity contribution in [3.8, 4) is 0 Å². The molecule has 0 aromatic heterocycles. The summed E-state index contributed by atoms with van der Waals surface area (Å²) in [5.74, 6) is -0.363. The fraction of sp³-hybridized carbons (Fsp3) is 0.176. The topological polar surface area (TPSA) is 61.7 Å². The van der Waals surface area contributed by atoms with Gasteiger partial charge in [0.2, 0.25) is 0 Å². The van der Waals surface area contributed by atoms with Crippen molar-refractivity contribution in [3.05, 3.63) is 71.8 Å². The minimum atomic E-state index is -0.363. The van der Waals surface area contributed by atoms with Crippen molar-refractivity contribution in [2.45, 2.75) is 19.4 Å². The van der Waals surface area contributed by atoms with Crippen LogP contribution in [0.25, 0.3) is 0 Å². The van der Waals surface area contributed by atoms with Crippen molar-refractivity contribution in [2.75, 3.05) is 0 Å². The molecule has 2 aromatic rings. The maximum Gasteiger partial charge on any atom is 0.269 e. The molecule has 0 saturated heterocycles. The minimum Gasteiger partial charge on any atom is -0.410 e. The summed E-state index contributed by atoms with van der Waals surface area (Å²) in [5.41, 5.74) is 2.03. The van der Waals surface area contributed by atoms with Crippen LogP contribution in [0.3, 0.4) is 0 Å². The molecule has 0 bridgehead atoms. The molecule has 0 aliphatic rings. The Labute approximate surface area is 124 Å². The van der Waals surface area contributed by atoms with Crippen LogP contribution in [0.15, 0.2) is 65.8 Å². The van der Waals surface area contributed by atoms with Gasteiger partial charge in [-0.25, -0.2) is 0 Å². The Kier molecular flexibility index (Phi) is 5.10. The van der Waals surface area contributed by atoms with E-state index >= 15 is 0 Å². The minimum absolute atomic E-state index is 0.101. The molecule has 0 heterocycles. The largest absolute Gasteiger partial charge is 0.410 e. The zero-order valence-corrected chi connectivity index (χ0v) is 11.9. The second kappa shape index (κ2) is 7.24. The number of carbonyl (C=O) groups is 1. The van der Waals surface area contributed by atoms with Crippen molar-refractivity contribution >= 4 is 11.6 Å². The first-order valence-electron chi connectivity index (χ1n) is 6.81. The summed E-state index contributed by atoms with van der Waals surface area (Å²) in [6.45, 7) is 1.89. The zero-order valence-electron chi connectivity index (χ0n) is 11.9. The molecule has 0 spiro atoms. The van der Waals surface area contributed by atoms with E-state index in [0.29, 0.717) is 6.42 Å². The monoisotopic (exact) mass is 282 g/mol. The van der Waals surface area contributed by atoms with Gasteiger partial charge in [0.1, 0.15) is 5.71 Å². The standard InChI is InChI=1S/C17H18N2O2/c1-13(15-10-6-3-7-11-15)18-17(20)16(19-21)12-14-8-4-2-5-9-14/h2-11,13,21H,12H2,1H3,(H,18,20)/b19-16-/t13-/m0/s1. The Morgan fingerprint density at radius 3 is 2.24 bits per heavy atom. The van der Waals surface area contributed by atoms with Crippen molar-refractivity contribution in [1.29, 1.82) is 0 Å². The molecular formula is C17H18N2O2. The molecule has 4 heteroatoms. The van der Waals surface area contributed by atoms with Crippen LogP contribution >= 0.6 is 0 Å². The number of benzene rings is 2. The molecule has 0 aliphatic carbocycles. The fourth-order valence-electron chi connectivity index (χ4n) is 2.06. The third-order valence-corrected chi connectivity index (χ3v) is 3.24. The summed E-state index contributed by atoms with van der Waals surface area (Å²) >= 11 is 0. The predicted octanol–water partition coefficient (Wildman–Crippen LogP) is 2.94. The van der Waals surface area contributed by atoms with E-state index in [0.717, 1.165) is 11.1 Å². The predicted molar refractivity (Wildman–Crippen MR) is 82.4 cm³/mol. The summed E-state index contributed by atoms with van der Waals surface area (Å²) < 4.78 is 0. The number of oxime groups is 1. The van der Waals surface area contributed by atoms with Crippen LogP contribution in [0.1, 0.15) is 24.1 Å². The second-order valence-corrected chi connectivity index (χ2v) is 4.81. The summed E-state index contributed by atoms with van der Waals surface area (Å²) in [7, 11) is 0. The number of nitrogens with zero attached hydrogens (tertiary/aromatic N) is 1. The van der Waals surface area contributed by atoms with Crippen LogP contribution in [0.4, 0.5) is 0 Å². The van der Waals surface area contributed by atoms with Gasteiger partial charge in [-0.05, 0) is 18.1 Å². The first-order valence-corrected chi connectivity index (χ1v) is 6.81. The number of amides is 1. The number of nitrogens with one attached hydrogen (secondary N) is 1. The molecule has 2 N–H and O–H groups in total. The number of rotatable bonds is 5. The van der Waals surface area contributed by atoms with Gasteiger partial charge in [-0.2, -0.15) is 0 Å². The normalized spacial score (nSPS) is 12.7. The van der Waals surface area contributed by atoms with Gasteiger partial charge >= 0.3 is 0 Å². The van der Waals surface area contributed by atoms with Crippen LogP contribution in [0.2, 0.25) is 0 Å². The molecule has 0 fully saturated rings. The fourth-order valence-corrected chi connectivity index (χ4v) is 2.06. The summed E-state index contributed by atoms with van der Waals surface area (Å²) in [5, 5.41) is 15.0. The number of carbonyl (C=O) groups excluding carboxylic acids is 1. The molecule has 0 unspecified atom stereocenters. The highest BCUT2D eigenvalue weighted by Crippen LogP contribution is 2.11. The summed E-state index contributed by atoms with van der Waals surface area (Å²) in [4.78, 5) is 12.2. The summed E-state index contributed by atoms with van der Waals surface area (Å²) in [6, 6.07) is 18.9. The lowest BCUT2D eigenvalue weighted by atomic mass is 10.1. The van der Waals surface area contributed by atoms with Gasteiger partial charge in [0.15, 0.2) is 0 Å². The highest BCUT2D eigenvalue weighted by atomic mass is 16.4. The molecule has 2 rings (SSSR count). The van der Waals surface area contributed by atoms with Crippen LogP contribution in [0.5, 0.6) is 0 Å². The van der Waals surface area contributed by atoms with Gasteiger partial charge in [0.05, 0.1) is 6.04 Å². The lowest BCUT2D eigenvalue weighted by molar-refractivity contribution is -0.115. The van der Waals surface area contributed by atoms with E-state index in [1.165, 1.54) is 0 Å². The second-order valence-electron chi connectivity index (χ2n) is 4.81. The highest BCUT2D eigenvalue weighted by molar-refractivity contribution is 6.39. The quantitative estimate of drug-likeness (QED) is 0.503. The van der Waals surface area contributed by atoms with Crippen LogP contribution in [0, 0.1) is 0 Å². The molecule has 0 radical (unpaired) electrons. The van der Waals surface area contributed by atoms with Crippen molar-refractivity contribution < 1.29 is 10.0 Å². The van der Waals surface area contributed by atoms with Crippen LogP contribution in [-0.2, 0) is 11.2 Å². The molecule has 21 heavy (non-hydrogen) atoms. The Hall–Kier alpha value is -2.62. The average molecular weight is 282 g/mol. The van der Waals surface area contributed by atoms with E-state index in [9.17, 15) is 4.79 Å². The maximum atomic E-state index is 12.2. The Morgan fingerprint density at radius 1 is 1.10 bits per heavy atom. The molecule has 1 atom stereocenters. The van der Waals surface area contributed by atoms with Gasteiger partial charge in [-0.1, -0.05) is 65.8 Å². The van der Waals surface area contributed by atoms with Crippen LogP contribution in [-0.4, -0.2) is 16.8 Å². The molecule has 108 valence electrons. The molecular weight excluding hydrogens is 264 g/mol. The van der Waals surface area contributed by atoms with Gasteiger partial charge in [0.25, 0.3) is 5.91 Å². The van der Waals surface area contributed by atoms with E-state index in [2.05, 4.69) is 10.5 Å². The Morgan fingerprint density at radius 2 is 1.67 bits per heavy atom. The van der Waals surface area contributed by atoms with Gasteiger partial charge in [-0.3, -0.25) is 4.79 Å².